The van der Waals surface area contributed by atoms with E-state index < -0.39 is 5.97 Å². The molecule has 0 aliphatic carbocycles. The predicted octanol–water partition coefficient (Wildman–Crippen LogP) is 1.58. The van der Waals surface area contributed by atoms with E-state index >= 15 is 0 Å². The smallest absolute Gasteiger partial charge is 0.323 e. The molecule has 144 valence electrons. The van der Waals surface area contributed by atoms with Crippen molar-refractivity contribution < 1.29 is 14.6 Å². The van der Waals surface area contributed by atoms with Gasteiger partial charge in [0.2, 0.25) is 0 Å². The molecule has 0 spiro atoms. The summed E-state index contributed by atoms with van der Waals surface area (Å²) in [6, 6.07) is 0.771. The SMILES string of the molecule is O=C(O)Cn1ccnc1CCC1OC1N1CCC(N2CCCCC2)CC1. The number of aromatic nitrogens is 2. The van der Waals surface area contributed by atoms with Crippen LogP contribution >= 0.6 is 0 Å². The maximum Gasteiger partial charge on any atom is 0.323 e. The Morgan fingerprint density at radius 2 is 1.92 bits per heavy atom. The first-order chi connectivity index (χ1) is 12.7. The molecule has 1 aromatic rings. The van der Waals surface area contributed by atoms with E-state index in [0.29, 0.717) is 0 Å². The molecule has 0 amide bonds. The summed E-state index contributed by atoms with van der Waals surface area (Å²) in [6.45, 7) is 4.83. The lowest BCUT2D eigenvalue weighted by Gasteiger charge is -2.39. The van der Waals surface area contributed by atoms with Gasteiger partial charge >= 0.3 is 5.97 Å². The number of imidazole rings is 1. The summed E-state index contributed by atoms with van der Waals surface area (Å²) in [5, 5.41) is 8.94. The molecular weight excluding hydrogens is 332 g/mol. The molecule has 0 saturated carbocycles. The maximum atomic E-state index is 10.9. The number of epoxide rings is 1. The fraction of sp³-hybridized carbons (Fsp3) is 0.789. The highest BCUT2D eigenvalue weighted by molar-refractivity contribution is 5.66. The van der Waals surface area contributed by atoms with Gasteiger partial charge in [0.05, 0.1) is 6.10 Å². The van der Waals surface area contributed by atoms with Gasteiger partial charge in [-0.3, -0.25) is 9.69 Å². The molecule has 3 aliphatic heterocycles. The van der Waals surface area contributed by atoms with E-state index in [2.05, 4.69) is 14.8 Å². The van der Waals surface area contributed by atoms with Crippen LogP contribution in [0.5, 0.6) is 0 Å². The van der Waals surface area contributed by atoms with E-state index in [4.69, 9.17) is 9.84 Å². The average molecular weight is 362 g/mol. The normalized spacial score (nSPS) is 28.3. The molecule has 3 aliphatic rings. The summed E-state index contributed by atoms with van der Waals surface area (Å²) in [5.41, 5.74) is 0. The van der Waals surface area contributed by atoms with Gasteiger partial charge in [-0.25, -0.2) is 4.98 Å². The Kier molecular flexibility index (Phi) is 5.57. The van der Waals surface area contributed by atoms with Gasteiger partial charge in [0.15, 0.2) is 0 Å². The van der Waals surface area contributed by atoms with Crippen LogP contribution < -0.4 is 0 Å². The van der Waals surface area contributed by atoms with Crippen LogP contribution in [0.4, 0.5) is 0 Å². The topological polar surface area (TPSA) is 74.1 Å². The molecule has 1 aromatic heterocycles. The monoisotopic (exact) mass is 362 g/mol. The number of rotatable bonds is 7. The second-order valence-electron chi connectivity index (χ2n) is 7.83. The van der Waals surface area contributed by atoms with Crippen molar-refractivity contribution in [1.82, 2.24) is 19.4 Å². The number of hydrogen-bond donors (Lipinski definition) is 1. The van der Waals surface area contributed by atoms with Crippen molar-refractivity contribution in [3.8, 4) is 0 Å². The van der Waals surface area contributed by atoms with E-state index in [1.54, 1.807) is 17.0 Å². The Balaban J connectivity index is 1.19. The lowest BCUT2D eigenvalue weighted by Crippen LogP contribution is -2.47. The summed E-state index contributed by atoms with van der Waals surface area (Å²) >= 11 is 0. The third kappa shape index (κ3) is 4.27. The van der Waals surface area contributed by atoms with Gasteiger partial charge in [0, 0.05) is 37.9 Å². The van der Waals surface area contributed by atoms with Crippen LogP contribution in [0.1, 0.15) is 44.3 Å². The predicted molar refractivity (Wildman–Crippen MR) is 96.9 cm³/mol. The van der Waals surface area contributed by atoms with Crippen LogP contribution in [-0.2, 0) is 22.5 Å². The van der Waals surface area contributed by atoms with Crippen molar-refractivity contribution >= 4 is 5.97 Å². The number of likely N-dealkylation sites (tertiary alicyclic amines) is 2. The van der Waals surface area contributed by atoms with Crippen molar-refractivity contribution in [2.24, 2.45) is 0 Å². The lowest BCUT2D eigenvalue weighted by molar-refractivity contribution is -0.137. The van der Waals surface area contributed by atoms with Crippen LogP contribution in [0.15, 0.2) is 12.4 Å². The zero-order valence-electron chi connectivity index (χ0n) is 15.4. The van der Waals surface area contributed by atoms with Gasteiger partial charge in [0.25, 0.3) is 0 Å². The molecule has 3 fully saturated rings. The van der Waals surface area contributed by atoms with E-state index in [9.17, 15) is 4.79 Å². The highest BCUT2D eigenvalue weighted by atomic mass is 16.6. The van der Waals surface area contributed by atoms with Crippen molar-refractivity contribution in [3.05, 3.63) is 18.2 Å². The molecule has 2 unspecified atom stereocenters. The number of carbonyl (C=O) groups is 1. The minimum Gasteiger partial charge on any atom is -0.480 e. The maximum absolute atomic E-state index is 10.9. The van der Waals surface area contributed by atoms with Gasteiger partial charge in [-0.2, -0.15) is 0 Å². The van der Waals surface area contributed by atoms with Crippen molar-refractivity contribution in [1.29, 1.82) is 0 Å². The van der Waals surface area contributed by atoms with Gasteiger partial charge in [-0.05, 0) is 45.2 Å². The molecule has 3 saturated heterocycles. The summed E-state index contributed by atoms with van der Waals surface area (Å²) in [4.78, 5) is 20.4. The minimum absolute atomic E-state index is 0.0195. The van der Waals surface area contributed by atoms with Crippen molar-refractivity contribution in [3.63, 3.8) is 0 Å². The highest BCUT2D eigenvalue weighted by Crippen LogP contribution is 2.33. The number of piperidine rings is 2. The van der Waals surface area contributed by atoms with Crippen LogP contribution in [0.3, 0.4) is 0 Å². The molecule has 4 rings (SSSR count). The summed E-state index contributed by atoms with van der Waals surface area (Å²) < 4.78 is 7.63. The number of aryl methyl sites for hydroxylation is 1. The van der Waals surface area contributed by atoms with Crippen LogP contribution in [0, 0.1) is 0 Å². The van der Waals surface area contributed by atoms with Gasteiger partial charge in [0.1, 0.15) is 18.6 Å². The standard InChI is InChI=1S/C19H30N4O3/c24-18(25)14-23-13-8-20-17(23)5-4-16-19(26-16)22-11-6-15(7-12-22)21-9-2-1-3-10-21/h8,13,15-16,19H,1-7,9-12,14H2,(H,24,25). The Morgan fingerprint density at radius 1 is 1.15 bits per heavy atom. The van der Waals surface area contributed by atoms with Gasteiger partial charge in [-0.1, -0.05) is 6.42 Å². The molecule has 1 N–H and O–H groups in total. The number of carboxylic acid groups (broad SMARTS) is 1. The van der Waals surface area contributed by atoms with Gasteiger partial charge in [-0.15, -0.1) is 0 Å². The molecule has 2 atom stereocenters. The fourth-order valence-corrected chi connectivity index (χ4v) is 4.58. The molecule has 0 radical (unpaired) electrons. The molecular formula is C19H30N4O3. The molecule has 7 heteroatoms. The van der Waals surface area contributed by atoms with E-state index in [0.717, 1.165) is 37.8 Å². The number of hydrogen-bond acceptors (Lipinski definition) is 5. The van der Waals surface area contributed by atoms with Crippen molar-refractivity contribution in [2.45, 2.75) is 69.9 Å². The lowest BCUT2D eigenvalue weighted by atomic mass is 9.99. The third-order valence-corrected chi connectivity index (χ3v) is 6.08. The zero-order valence-corrected chi connectivity index (χ0v) is 15.4. The Labute approximate surface area is 154 Å². The molecule has 0 bridgehead atoms. The Morgan fingerprint density at radius 3 is 2.65 bits per heavy atom. The first-order valence-electron chi connectivity index (χ1n) is 10.1. The van der Waals surface area contributed by atoms with E-state index in [1.807, 2.05) is 0 Å². The van der Waals surface area contributed by atoms with Crippen LogP contribution in [0.25, 0.3) is 0 Å². The molecule has 7 nitrogen and oxygen atoms in total. The first-order valence-corrected chi connectivity index (χ1v) is 10.1. The first kappa shape index (κ1) is 17.9. The van der Waals surface area contributed by atoms with E-state index in [1.165, 1.54) is 45.2 Å². The number of nitrogens with zero attached hydrogens (tertiary/aromatic N) is 4. The molecule has 4 heterocycles. The number of aliphatic carboxylic acids is 1. The quantitative estimate of drug-likeness (QED) is 0.743. The summed E-state index contributed by atoms with van der Waals surface area (Å²) in [5.74, 6) is 0.00633. The second-order valence-corrected chi connectivity index (χ2v) is 7.83. The largest absolute Gasteiger partial charge is 0.480 e. The number of ether oxygens (including phenoxy) is 1. The Hall–Kier alpha value is -1.44. The zero-order chi connectivity index (χ0) is 17.9. The minimum atomic E-state index is -0.832. The molecule has 0 aromatic carbocycles. The second kappa shape index (κ2) is 8.06. The summed E-state index contributed by atoms with van der Waals surface area (Å²) in [7, 11) is 0. The Bertz CT molecular complexity index is 606. The average Bonchev–Trinajstić information content (AvgIpc) is 3.32. The van der Waals surface area contributed by atoms with Crippen molar-refractivity contribution in [2.75, 3.05) is 26.2 Å². The van der Waals surface area contributed by atoms with E-state index in [-0.39, 0.29) is 18.9 Å². The van der Waals surface area contributed by atoms with Crippen LogP contribution in [-0.4, -0.2) is 75.0 Å². The highest BCUT2D eigenvalue weighted by Gasteiger charge is 2.44. The fourth-order valence-electron chi connectivity index (χ4n) is 4.58. The molecule has 26 heavy (non-hydrogen) atoms. The van der Waals surface area contributed by atoms with Gasteiger partial charge < -0.3 is 19.3 Å². The number of carboxylic acids is 1. The summed E-state index contributed by atoms with van der Waals surface area (Å²) in [6.07, 6.45) is 12.3. The third-order valence-electron chi connectivity index (χ3n) is 6.08. The van der Waals surface area contributed by atoms with Crippen LogP contribution in [0.2, 0.25) is 0 Å².